The van der Waals surface area contributed by atoms with Gasteiger partial charge in [-0.05, 0) is 38.9 Å². The number of rotatable bonds is 3. The summed E-state index contributed by atoms with van der Waals surface area (Å²) in [4.78, 5) is 26.9. The summed E-state index contributed by atoms with van der Waals surface area (Å²) >= 11 is 0. The molecular formula is C20H32N2O7Si. The SMILES string of the molecule is C[C@@H]1O[C@]2(O[C@@H](CO[Si](C)(C)C(C)(C)C)[C@@H]3OC(C)(C)O[C@@H]32)n2c1cc(=O)[nH]c2=O. The van der Waals surface area contributed by atoms with Gasteiger partial charge in [-0.25, -0.2) is 9.36 Å². The standard InChI is InChI=1S/C20H32N2O7Si/c1-11-12-9-14(23)21-17(24)22(12)20(26-11)16-15(28-19(5,6)29-16)13(27-20)10-25-30(7,8)18(2,3)4/h9,11,13,15-16H,10H2,1-8H3,(H,21,23,24)/t11-,13-,15-,16-,20+/m0/s1. The van der Waals surface area contributed by atoms with Crippen LogP contribution in [0, 0.1) is 0 Å². The number of H-pyrrole nitrogens is 1. The molecule has 3 aliphatic heterocycles. The van der Waals surface area contributed by atoms with Crippen LogP contribution in [0.3, 0.4) is 0 Å². The highest BCUT2D eigenvalue weighted by molar-refractivity contribution is 6.74. The van der Waals surface area contributed by atoms with Gasteiger partial charge in [-0.3, -0.25) is 9.78 Å². The molecule has 0 aliphatic carbocycles. The lowest BCUT2D eigenvalue weighted by atomic mass is 10.1. The molecule has 1 spiro atoms. The largest absolute Gasteiger partial charge is 0.414 e. The van der Waals surface area contributed by atoms with E-state index >= 15 is 0 Å². The Kier molecular flexibility index (Phi) is 4.82. The number of hydrogen-bond acceptors (Lipinski definition) is 7. The lowest BCUT2D eigenvalue weighted by Crippen LogP contribution is -2.50. The van der Waals surface area contributed by atoms with Crippen LogP contribution >= 0.6 is 0 Å². The van der Waals surface area contributed by atoms with Crippen molar-refractivity contribution in [3.05, 3.63) is 32.6 Å². The van der Waals surface area contributed by atoms with Crippen LogP contribution in [0.25, 0.3) is 0 Å². The summed E-state index contributed by atoms with van der Waals surface area (Å²) in [6, 6.07) is 1.36. The summed E-state index contributed by atoms with van der Waals surface area (Å²) in [5.74, 6) is -2.39. The zero-order chi connectivity index (χ0) is 22.3. The number of nitrogens with one attached hydrogen (secondary N) is 1. The first-order valence-electron chi connectivity index (χ1n) is 10.4. The monoisotopic (exact) mass is 440 g/mol. The van der Waals surface area contributed by atoms with Crippen LogP contribution in [0.5, 0.6) is 0 Å². The van der Waals surface area contributed by atoms with Gasteiger partial charge < -0.3 is 23.4 Å². The fourth-order valence-corrected chi connectivity index (χ4v) is 5.12. The highest BCUT2D eigenvalue weighted by Gasteiger charge is 2.68. The minimum Gasteiger partial charge on any atom is -0.414 e. The van der Waals surface area contributed by atoms with Crippen LogP contribution in [0.2, 0.25) is 18.1 Å². The van der Waals surface area contributed by atoms with Crippen LogP contribution in [0.1, 0.15) is 53.3 Å². The van der Waals surface area contributed by atoms with Crippen molar-refractivity contribution in [2.45, 2.75) is 95.8 Å². The topological polar surface area (TPSA) is 101 Å². The molecule has 4 heterocycles. The van der Waals surface area contributed by atoms with Crippen molar-refractivity contribution in [1.82, 2.24) is 9.55 Å². The third kappa shape index (κ3) is 3.25. The lowest BCUT2D eigenvalue weighted by Gasteiger charge is -2.37. The molecular weight excluding hydrogens is 408 g/mol. The molecule has 4 rings (SSSR count). The van der Waals surface area contributed by atoms with E-state index in [1.807, 2.05) is 13.8 Å². The predicted octanol–water partition coefficient (Wildman–Crippen LogP) is 2.18. The molecule has 0 unspecified atom stereocenters. The van der Waals surface area contributed by atoms with E-state index in [0.29, 0.717) is 12.3 Å². The maximum absolute atomic E-state index is 12.8. The Bertz CT molecular complexity index is 963. The minimum atomic E-state index is -2.04. The van der Waals surface area contributed by atoms with Crippen LogP contribution in [-0.4, -0.2) is 48.6 Å². The van der Waals surface area contributed by atoms with Crippen LogP contribution in [0.4, 0.5) is 0 Å². The summed E-state index contributed by atoms with van der Waals surface area (Å²) < 4.78 is 32.6. The van der Waals surface area contributed by atoms with Crippen molar-refractivity contribution < 1.29 is 23.4 Å². The second-order valence-electron chi connectivity index (χ2n) is 10.3. The van der Waals surface area contributed by atoms with E-state index in [9.17, 15) is 9.59 Å². The van der Waals surface area contributed by atoms with E-state index in [2.05, 4.69) is 38.8 Å². The van der Waals surface area contributed by atoms with Crippen molar-refractivity contribution in [1.29, 1.82) is 0 Å². The maximum Gasteiger partial charge on any atom is 0.332 e. The van der Waals surface area contributed by atoms with Gasteiger partial charge >= 0.3 is 5.69 Å². The summed E-state index contributed by atoms with van der Waals surface area (Å²) in [5.41, 5.74) is -0.628. The molecule has 168 valence electrons. The van der Waals surface area contributed by atoms with Gasteiger partial charge in [-0.2, -0.15) is 0 Å². The molecule has 10 heteroatoms. The zero-order valence-corrected chi connectivity index (χ0v) is 19.9. The molecule has 1 aromatic heterocycles. The zero-order valence-electron chi connectivity index (χ0n) is 18.9. The Morgan fingerprint density at radius 3 is 2.47 bits per heavy atom. The summed E-state index contributed by atoms with van der Waals surface area (Å²) in [6.45, 7) is 16.6. The second kappa shape index (κ2) is 6.60. The fourth-order valence-electron chi connectivity index (χ4n) is 4.11. The highest BCUT2D eigenvalue weighted by atomic mass is 28.4. The quantitative estimate of drug-likeness (QED) is 0.719. The Balaban J connectivity index is 1.72. The van der Waals surface area contributed by atoms with E-state index < -0.39 is 55.7 Å². The molecule has 3 aliphatic rings. The molecule has 30 heavy (non-hydrogen) atoms. The predicted molar refractivity (Wildman–Crippen MR) is 111 cm³/mol. The van der Waals surface area contributed by atoms with Crippen molar-refractivity contribution in [2.75, 3.05) is 6.61 Å². The first-order valence-corrected chi connectivity index (χ1v) is 13.3. The van der Waals surface area contributed by atoms with Gasteiger partial charge in [0.05, 0.1) is 12.3 Å². The van der Waals surface area contributed by atoms with Gasteiger partial charge in [0.25, 0.3) is 11.5 Å². The number of aromatic amines is 1. The fraction of sp³-hybridized carbons (Fsp3) is 0.800. The summed E-state index contributed by atoms with van der Waals surface area (Å²) in [7, 11) is -2.04. The molecule has 9 nitrogen and oxygen atoms in total. The number of nitrogens with zero attached hydrogens (tertiary/aromatic N) is 1. The normalized spacial score (nSPS) is 35.1. The molecule has 1 N–H and O–H groups in total. The molecule has 0 saturated carbocycles. The van der Waals surface area contributed by atoms with Gasteiger partial charge in [0, 0.05) is 6.07 Å². The van der Waals surface area contributed by atoms with Crippen molar-refractivity contribution in [3.63, 3.8) is 0 Å². The van der Waals surface area contributed by atoms with E-state index in [-0.39, 0.29) is 5.04 Å². The third-order valence-electron chi connectivity index (χ3n) is 6.63. The molecule has 1 aromatic rings. The Morgan fingerprint density at radius 2 is 1.83 bits per heavy atom. The van der Waals surface area contributed by atoms with Crippen molar-refractivity contribution in [3.8, 4) is 0 Å². The van der Waals surface area contributed by atoms with Gasteiger partial charge in [0.1, 0.15) is 18.3 Å². The molecule has 0 radical (unpaired) electrons. The molecule has 0 amide bonds. The van der Waals surface area contributed by atoms with E-state index in [4.69, 9.17) is 23.4 Å². The average Bonchev–Trinajstić information content (AvgIpc) is 3.14. The summed E-state index contributed by atoms with van der Waals surface area (Å²) in [6.07, 6.45) is -2.19. The molecule has 2 fully saturated rings. The number of aromatic nitrogens is 2. The van der Waals surface area contributed by atoms with Gasteiger partial charge in [-0.15, -0.1) is 0 Å². The van der Waals surface area contributed by atoms with Crippen molar-refractivity contribution in [2.24, 2.45) is 0 Å². The van der Waals surface area contributed by atoms with Gasteiger partial charge in [-0.1, -0.05) is 20.8 Å². The first kappa shape index (κ1) is 21.9. The molecule has 0 bridgehead atoms. The van der Waals surface area contributed by atoms with E-state index in [1.54, 1.807) is 6.92 Å². The Hall–Kier alpha value is -1.30. The third-order valence-corrected chi connectivity index (χ3v) is 11.1. The average molecular weight is 441 g/mol. The minimum absolute atomic E-state index is 0.0381. The van der Waals surface area contributed by atoms with Gasteiger partial charge in [0.2, 0.25) is 0 Å². The van der Waals surface area contributed by atoms with Gasteiger partial charge in [0.15, 0.2) is 20.2 Å². The van der Waals surface area contributed by atoms with E-state index in [1.165, 1.54) is 10.6 Å². The summed E-state index contributed by atoms with van der Waals surface area (Å²) in [5, 5.41) is 0.0381. The lowest BCUT2D eigenvalue weighted by molar-refractivity contribution is -0.335. The Morgan fingerprint density at radius 1 is 1.17 bits per heavy atom. The molecule has 0 aromatic carbocycles. The Labute approximate surface area is 176 Å². The highest BCUT2D eigenvalue weighted by Crippen LogP contribution is 2.52. The second-order valence-corrected chi connectivity index (χ2v) is 15.1. The van der Waals surface area contributed by atoms with Crippen molar-refractivity contribution >= 4 is 8.32 Å². The van der Waals surface area contributed by atoms with Crippen LogP contribution < -0.4 is 11.2 Å². The smallest absolute Gasteiger partial charge is 0.332 e. The van der Waals surface area contributed by atoms with E-state index in [0.717, 1.165) is 0 Å². The number of fused-ring (bicyclic) bond motifs is 4. The molecule has 5 atom stereocenters. The molecule has 2 saturated heterocycles. The first-order chi connectivity index (χ1) is 13.7. The number of ether oxygens (including phenoxy) is 4. The van der Waals surface area contributed by atoms with Crippen LogP contribution in [0.15, 0.2) is 15.7 Å². The maximum atomic E-state index is 12.8. The number of hydrogen-bond donors (Lipinski definition) is 1. The van der Waals surface area contributed by atoms with Crippen LogP contribution in [-0.2, 0) is 29.3 Å².